The maximum absolute atomic E-state index is 11.9. The first-order valence-electron chi connectivity index (χ1n) is 5.79. The molecule has 6 heteroatoms. The average Bonchev–Trinajstić information content (AvgIpc) is 2.37. The number of fused-ring (bicyclic) bond motifs is 1. The van der Waals surface area contributed by atoms with E-state index in [9.17, 15) is 9.59 Å². The number of ether oxygens (including phenoxy) is 2. The third-order valence-corrected chi connectivity index (χ3v) is 2.56. The minimum atomic E-state index is -1.00. The summed E-state index contributed by atoms with van der Waals surface area (Å²) in [5.41, 5.74) is 6.58. The van der Waals surface area contributed by atoms with Gasteiger partial charge in [0, 0.05) is 5.69 Å². The van der Waals surface area contributed by atoms with Crippen LogP contribution in [-0.2, 0) is 9.47 Å². The van der Waals surface area contributed by atoms with E-state index in [0.29, 0.717) is 16.6 Å². The summed E-state index contributed by atoms with van der Waals surface area (Å²) in [4.78, 5) is 23.0. The zero-order valence-corrected chi connectivity index (χ0v) is 11.6. The summed E-state index contributed by atoms with van der Waals surface area (Å²) in [6.07, 6.45) is -1.00. The minimum absolute atomic E-state index is 0. The van der Waals surface area contributed by atoms with Crippen LogP contribution in [0.15, 0.2) is 36.4 Å². The maximum atomic E-state index is 11.9. The molecule has 0 fully saturated rings. The molecule has 5 nitrogen and oxygen atoms in total. The Morgan fingerprint density at radius 3 is 2.65 bits per heavy atom. The van der Waals surface area contributed by atoms with E-state index in [1.807, 2.05) is 6.07 Å². The van der Waals surface area contributed by atoms with E-state index in [1.165, 1.54) is 0 Å². The number of esters is 1. The summed E-state index contributed by atoms with van der Waals surface area (Å²) in [6, 6.07) is 10.3. The van der Waals surface area contributed by atoms with E-state index in [1.54, 1.807) is 37.3 Å². The third-order valence-electron chi connectivity index (χ3n) is 2.56. The first-order valence-corrected chi connectivity index (χ1v) is 5.79. The number of halogens is 1. The van der Waals surface area contributed by atoms with Crippen LogP contribution in [0.3, 0.4) is 0 Å². The molecular weight excluding hydrogens is 282 g/mol. The predicted octanol–water partition coefficient (Wildman–Crippen LogP) is 3.16. The van der Waals surface area contributed by atoms with Crippen LogP contribution in [0.4, 0.5) is 10.5 Å². The Hall–Kier alpha value is -2.27. The molecule has 0 saturated carbocycles. The van der Waals surface area contributed by atoms with E-state index >= 15 is 0 Å². The Labute approximate surface area is 122 Å². The molecule has 2 aromatic rings. The number of hydrogen-bond acceptors (Lipinski definition) is 5. The van der Waals surface area contributed by atoms with E-state index in [4.69, 9.17) is 5.73 Å². The van der Waals surface area contributed by atoms with E-state index < -0.39 is 12.1 Å². The van der Waals surface area contributed by atoms with Gasteiger partial charge in [0.05, 0.1) is 12.2 Å². The van der Waals surface area contributed by atoms with E-state index in [0.717, 1.165) is 5.39 Å². The Kier molecular flexibility index (Phi) is 5.34. The number of anilines is 1. The minimum Gasteiger partial charge on any atom is -0.434 e. The van der Waals surface area contributed by atoms with Crippen molar-refractivity contribution in [1.29, 1.82) is 0 Å². The van der Waals surface area contributed by atoms with Crippen molar-refractivity contribution in [3.05, 3.63) is 42.0 Å². The van der Waals surface area contributed by atoms with Crippen molar-refractivity contribution >= 4 is 41.0 Å². The van der Waals surface area contributed by atoms with Gasteiger partial charge in [0.2, 0.25) is 0 Å². The molecule has 2 rings (SSSR count). The van der Waals surface area contributed by atoms with Gasteiger partial charge in [-0.3, -0.25) is 0 Å². The number of benzene rings is 2. The van der Waals surface area contributed by atoms with Crippen molar-refractivity contribution < 1.29 is 19.1 Å². The number of hydrogen-bond donors (Lipinski definition) is 1. The van der Waals surface area contributed by atoms with Crippen molar-refractivity contribution in [2.75, 3.05) is 12.3 Å². The smallest absolute Gasteiger partial charge is 0.434 e. The first-order chi connectivity index (χ1) is 9.11. The molecule has 0 unspecified atom stereocenters. The molecule has 0 amide bonds. The summed E-state index contributed by atoms with van der Waals surface area (Å²) < 4.78 is 9.15. The highest BCUT2D eigenvalue weighted by Crippen LogP contribution is 2.22. The fourth-order valence-electron chi connectivity index (χ4n) is 1.76. The quantitative estimate of drug-likeness (QED) is 0.523. The molecule has 0 aromatic heterocycles. The van der Waals surface area contributed by atoms with Crippen LogP contribution in [-0.4, -0.2) is 18.7 Å². The lowest BCUT2D eigenvalue weighted by molar-refractivity contribution is 0.0403. The fourth-order valence-corrected chi connectivity index (χ4v) is 1.76. The second-order valence-corrected chi connectivity index (χ2v) is 3.86. The predicted molar refractivity (Wildman–Crippen MR) is 78.0 cm³/mol. The van der Waals surface area contributed by atoms with Crippen LogP contribution < -0.4 is 5.73 Å². The van der Waals surface area contributed by atoms with Crippen molar-refractivity contribution in [3.8, 4) is 0 Å². The van der Waals surface area contributed by atoms with Gasteiger partial charge < -0.3 is 15.2 Å². The van der Waals surface area contributed by atoms with Gasteiger partial charge in [-0.05, 0) is 35.9 Å². The molecular formula is C14H14ClNO4. The van der Waals surface area contributed by atoms with Gasteiger partial charge in [-0.2, -0.15) is 0 Å². The van der Waals surface area contributed by atoms with Crippen molar-refractivity contribution in [2.24, 2.45) is 0 Å². The fraction of sp³-hybridized carbons (Fsp3) is 0.143. The van der Waals surface area contributed by atoms with Crippen LogP contribution >= 0.6 is 12.4 Å². The highest BCUT2D eigenvalue weighted by molar-refractivity contribution is 6.07. The molecule has 0 aliphatic heterocycles. The second-order valence-electron chi connectivity index (χ2n) is 3.86. The van der Waals surface area contributed by atoms with Crippen LogP contribution in [0.25, 0.3) is 10.8 Å². The Bertz CT molecular complexity index is 642. The number of carbonyl (C=O) groups is 2. The van der Waals surface area contributed by atoms with Gasteiger partial charge in [0.15, 0.2) is 0 Å². The van der Waals surface area contributed by atoms with Gasteiger partial charge in [-0.15, -0.1) is 12.4 Å². The molecule has 0 bridgehead atoms. The monoisotopic (exact) mass is 295 g/mol. The molecule has 0 spiro atoms. The summed E-state index contributed by atoms with van der Waals surface area (Å²) in [7, 11) is 0. The van der Waals surface area contributed by atoms with Gasteiger partial charge in [0.25, 0.3) is 0 Å². The number of nitrogens with two attached hydrogens (primary N) is 1. The molecule has 2 aromatic carbocycles. The Morgan fingerprint density at radius 1 is 1.20 bits per heavy atom. The summed E-state index contributed by atoms with van der Waals surface area (Å²) in [6.45, 7) is 1.78. The molecule has 0 saturated heterocycles. The third kappa shape index (κ3) is 3.39. The Balaban J connectivity index is 0.00000200. The largest absolute Gasteiger partial charge is 0.516 e. The molecule has 0 heterocycles. The van der Waals surface area contributed by atoms with Crippen molar-refractivity contribution in [2.45, 2.75) is 6.92 Å². The van der Waals surface area contributed by atoms with Gasteiger partial charge in [-0.1, -0.05) is 18.2 Å². The topological polar surface area (TPSA) is 78.6 Å². The van der Waals surface area contributed by atoms with Crippen molar-refractivity contribution in [1.82, 2.24) is 0 Å². The number of carbonyl (C=O) groups excluding carboxylic acids is 2. The highest BCUT2D eigenvalue weighted by Gasteiger charge is 2.16. The SMILES string of the molecule is CCOC(=O)OC(=O)c1cccc2cc(N)ccc12.Cl. The van der Waals surface area contributed by atoms with Gasteiger partial charge in [-0.25, -0.2) is 9.59 Å². The van der Waals surface area contributed by atoms with Gasteiger partial charge in [0.1, 0.15) is 0 Å². The number of rotatable bonds is 2. The highest BCUT2D eigenvalue weighted by atomic mass is 35.5. The van der Waals surface area contributed by atoms with Crippen LogP contribution in [0.5, 0.6) is 0 Å². The molecule has 2 N–H and O–H groups in total. The summed E-state index contributed by atoms with van der Waals surface area (Å²) in [5.74, 6) is -0.742. The standard InChI is InChI=1S/C14H13NO4.ClH/c1-2-18-14(17)19-13(16)12-5-3-4-9-8-10(15)6-7-11(9)12;/h3-8H,2,15H2,1H3;1H. The van der Waals surface area contributed by atoms with E-state index in [-0.39, 0.29) is 19.0 Å². The maximum Gasteiger partial charge on any atom is 0.516 e. The zero-order chi connectivity index (χ0) is 13.8. The van der Waals surface area contributed by atoms with Crippen LogP contribution in [0, 0.1) is 0 Å². The molecule has 106 valence electrons. The zero-order valence-electron chi connectivity index (χ0n) is 10.8. The normalized spacial score (nSPS) is 9.65. The molecule has 20 heavy (non-hydrogen) atoms. The first kappa shape index (κ1) is 15.8. The number of nitrogen functional groups attached to an aromatic ring is 1. The lowest BCUT2D eigenvalue weighted by atomic mass is 10.0. The molecule has 0 radical (unpaired) electrons. The molecule has 0 aliphatic rings. The second kappa shape index (κ2) is 6.77. The van der Waals surface area contributed by atoms with Gasteiger partial charge >= 0.3 is 12.1 Å². The lowest BCUT2D eigenvalue weighted by Crippen LogP contribution is -2.14. The van der Waals surface area contributed by atoms with Crippen molar-refractivity contribution in [3.63, 3.8) is 0 Å². The van der Waals surface area contributed by atoms with Crippen LogP contribution in [0.2, 0.25) is 0 Å². The average molecular weight is 296 g/mol. The van der Waals surface area contributed by atoms with E-state index in [2.05, 4.69) is 9.47 Å². The molecule has 0 aliphatic carbocycles. The lowest BCUT2D eigenvalue weighted by Gasteiger charge is -2.06. The summed E-state index contributed by atoms with van der Waals surface area (Å²) in [5, 5.41) is 1.48. The Morgan fingerprint density at radius 2 is 1.95 bits per heavy atom. The van der Waals surface area contributed by atoms with Crippen LogP contribution in [0.1, 0.15) is 17.3 Å². The summed E-state index contributed by atoms with van der Waals surface area (Å²) >= 11 is 0. The molecule has 0 atom stereocenters.